The number of benzene rings is 1. The second-order valence-electron chi connectivity index (χ2n) is 4.51. The minimum absolute atomic E-state index is 0.0707. The van der Waals surface area contributed by atoms with E-state index in [1.165, 1.54) is 26.4 Å². The fraction of sp³-hybridized carbons (Fsp3) is 0.333. The Bertz CT molecular complexity index is 624. The number of hydroxylamine groups is 2. The molecule has 7 heteroatoms. The molecule has 1 aromatic rings. The lowest BCUT2D eigenvalue weighted by atomic mass is 9.97. The van der Waals surface area contributed by atoms with Crippen molar-refractivity contribution < 1.29 is 28.6 Å². The van der Waals surface area contributed by atoms with Crippen molar-refractivity contribution in [3.8, 4) is 5.75 Å². The summed E-state index contributed by atoms with van der Waals surface area (Å²) in [4.78, 5) is 29.4. The van der Waals surface area contributed by atoms with Crippen LogP contribution in [0.4, 0.5) is 0 Å². The Balaban J connectivity index is 2.59. The van der Waals surface area contributed by atoms with Gasteiger partial charge in [-0.2, -0.15) is 0 Å². The third-order valence-electron chi connectivity index (χ3n) is 3.33. The van der Waals surface area contributed by atoms with Gasteiger partial charge >= 0.3 is 11.9 Å². The zero-order valence-electron chi connectivity index (χ0n) is 12.8. The highest BCUT2D eigenvalue weighted by Gasteiger charge is 2.43. The lowest BCUT2D eigenvalue weighted by molar-refractivity contribution is -0.152. The monoisotopic (exact) mass is 307 g/mol. The first-order chi connectivity index (χ1) is 10.5. The standard InChI is InChI=1S/C15H17NO6/c1-16-12(9-7-5-6-8-10(9)19-2)11(14(17)20-3)13(22-16)15(18)21-4/h5-8,12H,1-4H3. The van der Waals surface area contributed by atoms with Crippen LogP contribution in [-0.2, 0) is 23.9 Å². The van der Waals surface area contributed by atoms with Gasteiger partial charge < -0.3 is 19.0 Å². The molecule has 22 heavy (non-hydrogen) atoms. The predicted octanol–water partition coefficient (Wildman–Crippen LogP) is 1.21. The van der Waals surface area contributed by atoms with Crippen LogP contribution in [0.2, 0.25) is 0 Å². The molecule has 0 spiro atoms. The van der Waals surface area contributed by atoms with E-state index in [2.05, 4.69) is 4.74 Å². The van der Waals surface area contributed by atoms with Gasteiger partial charge in [0.1, 0.15) is 17.4 Å². The summed E-state index contributed by atoms with van der Waals surface area (Å²) in [6.07, 6.45) is 0. The number of carbonyl (C=O) groups excluding carboxylic acids is 2. The van der Waals surface area contributed by atoms with E-state index < -0.39 is 18.0 Å². The van der Waals surface area contributed by atoms with Crippen molar-refractivity contribution in [1.29, 1.82) is 0 Å². The van der Waals surface area contributed by atoms with Gasteiger partial charge in [0.25, 0.3) is 0 Å². The minimum Gasteiger partial charge on any atom is -0.496 e. The molecular formula is C15H17NO6. The molecule has 0 aliphatic carbocycles. The topological polar surface area (TPSA) is 74.3 Å². The highest BCUT2D eigenvalue weighted by molar-refractivity contribution is 6.00. The second kappa shape index (κ2) is 6.48. The van der Waals surface area contributed by atoms with Gasteiger partial charge in [-0.25, -0.2) is 9.59 Å². The van der Waals surface area contributed by atoms with Gasteiger partial charge in [-0.15, -0.1) is 5.06 Å². The average Bonchev–Trinajstić information content (AvgIpc) is 2.90. The summed E-state index contributed by atoms with van der Waals surface area (Å²) in [5, 5.41) is 1.39. The third kappa shape index (κ3) is 2.62. The van der Waals surface area contributed by atoms with Crippen LogP contribution < -0.4 is 4.74 Å². The molecule has 1 aliphatic heterocycles. The Morgan fingerprint density at radius 2 is 1.73 bits per heavy atom. The largest absolute Gasteiger partial charge is 0.496 e. The first kappa shape index (κ1) is 15.8. The first-order valence-electron chi connectivity index (χ1n) is 6.49. The van der Waals surface area contributed by atoms with Gasteiger partial charge in [0.15, 0.2) is 0 Å². The second-order valence-corrected chi connectivity index (χ2v) is 4.51. The molecule has 0 saturated carbocycles. The molecule has 1 aromatic carbocycles. The number of nitrogens with zero attached hydrogens (tertiary/aromatic N) is 1. The summed E-state index contributed by atoms with van der Waals surface area (Å²) in [5.41, 5.74) is 0.744. The van der Waals surface area contributed by atoms with Crippen LogP contribution in [0.25, 0.3) is 0 Å². The molecule has 1 heterocycles. The van der Waals surface area contributed by atoms with Gasteiger partial charge in [-0.1, -0.05) is 18.2 Å². The van der Waals surface area contributed by atoms with Crippen molar-refractivity contribution in [3.05, 3.63) is 41.2 Å². The Kier molecular flexibility index (Phi) is 4.67. The molecule has 0 N–H and O–H groups in total. The average molecular weight is 307 g/mol. The van der Waals surface area contributed by atoms with Crippen molar-refractivity contribution in [3.63, 3.8) is 0 Å². The molecule has 2 rings (SSSR count). The number of para-hydroxylation sites is 1. The summed E-state index contributed by atoms with van der Waals surface area (Å²) < 4.78 is 14.8. The summed E-state index contributed by atoms with van der Waals surface area (Å²) in [7, 11) is 5.58. The first-order valence-corrected chi connectivity index (χ1v) is 6.49. The number of ether oxygens (including phenoxy) is 3. The van der Waals surface area contributed by atoms with Crippen molar-refractivity contribution in [2.75, 3.05) is 28.4 Å². The number of esters is 2. The van der Waals surface area contributed by atoms with Crippen LogP contribution in [0.1, 0.15) is 11.6 Å². The van der Waals surface area contributed by atoms with Crippen LogP contribution in [0, 0.1) is 0 Å². The number of hydrogen-bond donors (Lipinski definition) is 0. The summed E-state index contributed by atoms with van der Waals surface area (Å²) in [6, 6.07) is 6.51. The molecule has 1 aliphatic rings. The van der Waals surface area contributed by atoms with Crippen molar-refractivity contribution in [2.45, 2.75) is 6.04 Å². The fourth-order valence-corrected chi connectivity index (χ4v) is 2.35. The van der Waals surface area contributed by atoms with E-state index in [-0.39, 0.29) is 11.3 Å². The fourth-order valence-electron chi connectivity index (χ4n) is 2.35. The molecule has 118 valence electrons. The van der Waals surface area contributed by atoms with Gasteiger partial charge in [-0.05, 0) is 6.07 Å². The molecule has 1 unspecified atom stereocenters. The molecule has 0 aromatic heterocycles. The number of likely N-dealkylation sites (N-methyl/N-ethyl adjacent to an activating group) is 1. The number of carbonyl (C=O) groups is 2. The molecule has 7 nitrogen and oxygen atoms in total. The van der Waals surface area contributed by atoms with Crippen LogP contribution in [0.3, 0.4) is 0 Å². The Morgan fingerprint density at radius 1 is 1.09 bits per heavy atom. The van der Waals surface area contributed by atoms with Gasteiger partial charge in [0.2, 0.25) is 5.76 Å². The predicted molar refractivity (Wildman–Crippen MR) is 75.6 cm³/mol. The highest BCUT2D eigenvalue weighted by atomic mass is 16.7. The Morgan fingerprint density at radius 3 is 2.32 bits per heavy atom. The summed E-state index contributed by atoms with van der Waals surface area (Å²) in [5.74, 6) is -1.03. The zero-order valence-corrected chi connectivity index (χ0v) is 12.8. The van der Waals surface area contributed by atoms with Crippen molar-refractivity contribution in [2.24, 2.45) is 0 Å². The van der Waals surface area contributed by atoms with E-state index in [4.69, 9.17) is 14.3 Å². The lowest BCUT2D eigenvalue weighted by Gasteiger charge is -2.21. The number of methoxy groups -OCH3 is 3. The van der Waals surface area contributed by atoms with Crippen LogP contribution in [0.5, 0.6) is 5.75 Å². The molecule has 1 atom stereocenters. The van der Waals surface area contributed by atoms with Gasteiger partial charge in [0.05, 0.1) is 21.3 Å². The number of rotatable bonds is 4. The van der Waals surface area contributed by atoms with E-state index in [1.54, 1.807) is 31.3 Å². The maximum Gasteiger partial charge on any atom is 0.376 e. The molecule has 0 fully saturated rings. The van der Waals surface area contributed by atoms with E-state index in [0.29, 0.717) is 11.3 Å². The third-order valence-corrected chi connectivity index (χ3v) is 3.33. The van der Waals surface area contributed by atoms with Gasteiger partial charge in [-0.3, -0.25) is 0 Å². The zero-order chi connectivity index (χ0) is 16.3. The number of hydrogen-bond acceptors (Lipinski definition) is 7. The minimum atomic E-state index is -0.746. The molecule has 0 radical (unpaired) electrons. The lowest BCUT2D eigenvalue weighted by Crippen LogP contribution is -2.22. The molecule has 0 saturated heterocycles. The Hall–Kier alpha value is -2.54. The maximum atomic E-state index is 12.1. The van der Waals surface area contributed by atoms with Gasteiger partial charge in [0, 0.05) is 12.6 Å². The SMILES string of the molecule is COC(=O)C1=C(C(=O)OC)C(c2ccccc2OC)N(C)O1. The molecule has 0 amide bonds. The highest BCUT2D eigenvalue weighted by Crippen LogP contribution is 2.41. The Labute approximate surface area is 128 Å². The molecular weight excluding hydrogens is 290 g/mol. The van der Waals surface area contributed by atoms with Crippen molar-refractivity contribution >= 4 is 11.9 Å². The van der Waals surface area contributed by atoms with E-state index >= 15 is 0 Å². The van der Waals surface area contributed by atoms with E-state index in [0.717, 1.165) is 0 Å². The van der Waals surface area contributed by atoms with Crippen LogP contribution in [-0.4, -0.2) is 45.4 Å². The van der Waals surface area contributed by atoms with Crippen molar-refractivity contribution in [1.82, 2.24) is 5.06 Å². The van der Waals surface area contributed by atoms with Crippen LogP contribution in [0.15, 0.2) is 35.6 Å². The normalized spacial score (nSPS) is 17.9. The van der Waals surface area contributed by atoms with E-state index in [1.807, 2.05) is 0 Å². The summed E-state index contributed by atoms with van der Waals surface area (Å²) in [6.45, 7) is 0. The van der Waals surface area contributed by atoms with Crippen LogP contribution >= 0.6 is 0 Å². The van der Waals surface area contributed by atoms with E-state index in [9.17, 15) is 9.59 Å². The molecule has 0 bridgehead atoms. The summed E-state index contributed by atoms with van der Waals surface area (Å²) >= 11 is 0. The quantitative estimate of drug-likeness (QED) is 0.774. The smallest absolute Gasteiger partial charge is 0.376 e. The maximum absolute atomic E-state index is 12.1.